The van der Waals surface area contributed by atoms with Gasteiger partial charge in [-0.15, -0.1) is 11.3 Å². The van der Waals surface area contributed by atoms with Crippen LogP contribution in [0.25, 0.3) is 6.08 Å². The molecule has 0 saturated heterocycles. The fourth-order valence-corrected chi connectivity index (χ4v) is 2.34. The molecule has 2 rings (SSSR count). The highest BCUT2D eigenvalue weighted by atomic mass is 35.5. The fourth-order valence-electron chi connectivity index (χ4n) is 1.37. The van der Waals surface area contributed by atoms with Gasteiger partial charge in [0, 0.05) is 36.3 Å². The summed E-state index contributed by atoms with van der Waals surface area (Å²) in [7, 11) is 0. The summed E-state index contributed by atoms with van der Waals surface area (Å²) < 4.78 is 0.716. The van der Waals surface area contributed by atoms with Crippen LogP contribution in [0.5, 0.6) is 0 Å². The summed E-state index contributed by atoms with van der Waals surface area (Å²) in [5, 5.41) is 2.78. The number of hydrogen-bond acceptors (Lipinski definition) is 3. The normalized spacial score (nSPS) is 10.9. The van der Waals surface area contributed by atoms with Crippen LogP contribution in [0.1, 0.15) is 10.7 Å². The first kappa shape index (κ1) is 12.9. The summed E-state index contributed by atoms with van der Waals surface area (Å²) >= 11 is 7.23. The molecule has 0 aromatic carbocycles. The second kappa shape index (κ2) is 6.37. The average molecular weight is 282 g/mol. The van der Waals surface area contributed by atoms with E-state index in [4.69, 9.17) is 11.6 Å². The van der Waals surface area contributed by atoms with E-state index in [0.29, 0.717) is 17.3 Å². The highest BCUT2D eigenvalue weighted by Gasteiger charge is 1.98. The number of amides is 1. The van der Waals surface area contributed by atoms with Gasteiger partial charge < -0.3 is 10.3 Å². The number of H-pyrrole nitrogens is 1. The first-order valence-corrected chi connectivity index (χ1v) is 6.63. The van der Waals surface area contributed by atoms with E-state index in [9.17, 15) is 4.79 Å². The Bertz CT molecular complexity index is 533. The first-order valence-electron chi connectivity index (χ1n) is 5.43. The van der Waals surface area contributed by atoms with Gasteiger partial charge in [-0.25, -0.2) is 4.98 Å². The molecule has 2 heterocycles. The highest BCUT2D eigenvalue weighted by molar-refractivity contribution is 7.17. The largest absolute Gasteiger partial charge is 0.352 e. The second-order valence-corrected chi connectivity index (χ2v) is 5.30. The topological polar surface area (TPSA) is 57.8 Å². The van der Waals surface area contributed by atoms with Gasteiger partial charge in [0.05, 0.1) is 4.34 Å². The predicted molar refractivity (Wildman–Crippen MR) is 73.7 cm³/mol. The van der Waals surface area contributed by atoms with E-state index in [1.165, 1.54) is 17.4 Å². The Balaban J connectivity index is 1.73. The molecule has 2 aromatic heterocycles. The van der Waals surface area contributed by atoms with Crippen LogP contribution in [-0.4, -0.2) is 22.4 Å². The lowest BCUT2D eigenvalue weighted by Gasteiger charge is -1.99. The van der Waals surface area contributed by atoms with Crippen molar-refractivity contribution in [2.45, 2.75) is 6.42 Å². The number of carbonyl (C=O) groups is 1. The van der Waals surface area contributed by atoms with Gasteiger partial charge in [0.1, 0.15) is 5.82 Å². The average Bonchev–Trinajstić information content (AvgIpc) is 2.98. The zero-order valence-electron chi connectivity index (χ0n) is 9.52. The number of thiophene rings is 1. The summed E-state index contributed by atoms with van der Waals surface area (Å²) in [6, 6.07) is 3.68. The zero-order valence-corrected chi connectivity index (χ0v) is 11.1. The molecule has 0 bridgehead atoms. The van der Waals surface area contributed by atoms with E-state index in [1.54, 1.807) is 24.5 Å². The molecule has 0 atom stereocenters. The van der Waals surface area contributed by atoms with Crippen molar-refractivity contribution in [3.63, 3.8) is 0 Å². The SMILES string of the molecule is O=C(/C=C/c1ccc(Cl)s1)NCCc1ncc[nH]1. The quantitative estimate of drug-likeness (QED) is 0.828. The molecule has 94 valence electrons. The van der Waals surface area contributed by atoms with Crippen molar-refractivity contribution in [2.24, 2.45) is 0 Å². The van der Waals surface area contributed by atoms with Gasteiger partial charge in [-0.05, 0) is 18.2 Å². The molecular formula is C12H12ClN3OS. The molecule has 0 radical (unpaired) electrons. The van der Waals surface area contributed by atoms with Crippen LogP contribution in [0.2, 0.25) is 4.34 Å². The molecule has 0 spiro atoms. The van der Waals surface area contributed by atoms with Gasteiger partial charge in [-0.2, -0.15) is 0 Å². The Hall–Kier alpha value is -1.59. The molecule has 2 N–H and O–H groups in total. The van der Waals surface area contributed by atoms with Crippen molar-refractivity contribution in [3.8, 4) is 0 Å². The summed E-state index contributed by atoms with van der Waals surface area (Å²) in [6.07, 6.45) is 7.40. The van der Waals surface area contributed by atoms with E-state index >= 15 is 0 Å². The van der Waals surface area contributed by atoms with Crippen LogP contribution in [0.4, 0.5) is 0 Å². The highest BCUT2D eigenvalue weighted by Crippen LogP contribution is 2.22. The Labute approximate surface area is 114 Å². The molecule has 4 nitrogen and oxygen atoms in total. The van der Waals surface area contributed by atoms with Crippen molar-refractivity contribution >= 4 is 34.9 Å². The number of nitrogens with one attached hydrogen (secondary N) is 2. The summed E-state index contributed by atoms with van der Waals surface area (Å²) in [6.45, 7) is 0.557. The van der Waals surface area contributed by atoms with E-state index in [2.05, 4.69) is 15.3 Å². The molecule has 0 unspecified atom stereocenters. The second-order valence-electron chi connectivity index (χ2n) is 3.55. The fraction of sp³-hybridized carbons (Fsp3) is 0.167. The summed E-state index contributed by atoms with van der Waals surface area (Å²) in [5.74, 6) is 0.746. The van der Waals surface area contributed by atoms with Gasteiger partial charge in [0.2, 0.25) is 5.91 Å². The molecule has 0 aliphatic carbocycles. The Morgan fingerprint density at radius 3 is 3.11 bits per heavy atom. The number of imidazole rings is 1. The maximum Gasteiger partial charge on any atom is 0.244 e. The van der Waals surface area contributed by atoms with Gasteiger partial charge in [0.15, 0.2) is 0 Å². The molecule has 0 aliphatic rings. The number of aromatic amines is 1. The molecule has 0 saturated carbocycles. The first-order chi connectivity index (χ1) is 8.74. The van der Waals surface area contributed by atoms with Gasteiger partial charge in [-0.1, -0.05) is 11.6 Å². The van der Waals surface area contributed by atoms with Crippen LogP contribution in [0.15, 0.2) is 30.6 Å². The van der Waals surface area contributed by atoms with Gasteiger partial charge in [0.25, 0.3) is 0 Å². The van der Waals surface area contributed by atoms with Crippen molar-refractivity contribution < 1.29 is 4.79 Å². The van der Waals surface area contributed by atoms with Crippen LogP contribution in [-0.2, 0) is 11.2 Å². The summed E-state index contributed by atoms with van der Waals surface area (Å²) in [4.78, 5) is 19.5. The molecular weight excluding hydrogens is 270 g/mol. The molecule has 18 heavy (non-hydrogen) atoms. The van der Waals surface area contributed by atoms with Crippen LogP contribution >= 0.6 is 22.9 Å². The van der Waals surface area contributed by atoms with Crippen LogP contribution in [0, 0.1) is 0 Å². The van der Waals surface area contributed by atoms with Gasteiger partial charge in [-0.3, -0.25) is 4.79 Å². The molecule has 0 aliphatic heterocycles. The molecule has 2 aromatic rings. The maximum atomic E-state index is 11.5. The number of hydrogen-bond donors (Lipinski definition) is 2. The zero-order chi connectivity index (χ0) is 12.8. The lowest BCUT2D eigenvalue weighted by atomic mass is 10.3. The van der Waals surface area contributed by atoms with E-state index < -0.39 is 0 Å². The lowest BCUT2D eigenvalue weighted by molar-refractivity contribution is -0.116. The van der Waals surface area contributed by atoms with Crippen LogP contribution in [0.3, 0.4) is 0 Å². The van der Waals surface area contributed by atoms with E-state index in [1.807, 2.05) is 6.07 Å². The number of nitrogens with zero attached hydrogens (tertiary/aromatic N) is 1. The molecule has 6 heteroatoms. The third-order valence-electron chi connectivity index (χ3n) is 2.21. The monoisotopic (exact) mass is 281 g/mol. The van der Waals surface area contributed by atoms with Crippen LogP contribution < -0.4 is 5.32 Å². The third-order valence-corrected chi connectivity index (χ3v) is 3.41. The number of rotatable bonds is 5. The van der Waals surface area contributed by atoms with Crippen molar-refractivity contribution in [1.82, 2.24) is 15.3 Å². The minimum Gasteiger partial charge on any atom is -0.352 e. The lowest BCUT2D eigenvalue weighted by Crippen LogP contribution is -2.23. The number of aromatic nitrogens is 2. The molecule has 1 amide bonds. The Morgan fingerprint density at radius 2 is 2.44 bits per heavy atom. The third kappa shape index (κ3) is 4.01. The van der Waals surface area contributed by atoms with E-state index in [-0.39, 0.29) is 5.91 Å². The standard InChI is InChI=1S/C12H12ClN3OS/c13-10-3-1-9(18-10)2-4-12(17)16-6-5-11-14-7-8-15-11/h1-4,7-8H,5-6H2,(H,14,15)(H,16,17)/b4-2+. The number of halogens is 1. The Kier molecular flexibility index (Phi) is 4.55. The van der Waals surface area contributed by atoms with Crippen molar-refractivity contribution in [1.29, 1.82) is 0 Å². The maximum absolute atomic E-state index is 11.5. The summed E-state index contributed by atoms with van der Waals surface area (Å²) in [5.41, 5.74) is 0. The predicted octanol–water partition coefficient (Wildman–Crippen LogP) is 2.50. The van der Waals surface area contributed by atoms with Crippen molar-refractivity contribution in [2.75, 3.05) is 6.54 Å². The Morgan fingerprint density at radius 1 is 1.56 bits per heavy atom. The van der Waals surface area contributed by atoms with Gasteiger partial charge >= 0.3 is 0 Å². The van der Waals surface area contributed by atoms with E-state index in [0.717, 1.165) is 10.7 Å². The molecule has 0 fully saturated rings. The number of carbonyl (C=O) groups excluding carboxylic acids is 1. The minimum atomic E-state index is -0.119. The van der Waals surface area contributed by atoms with Crippen molar-refractivity contribution in [3.05, 3.63) is 45.6 Å². The minimum absolute atomic E-state index is 0.119. The smallest absolute Gasteiger partial charge is 0.244 e.